The number of carboxylic acid groups (broad SMARTS) is 2. The summed E-state index contributed by atoms with van der Waals surface area (Å²) in [5, 5.41) is 21.3. The van der Waals surface area contributed by atoms with Crippen LogP contribution in [0.5, 0.6) is 0 Å². The molecule has 3 rings (SSSR count). The summed E-state index contributed by atoms with van der Waals surface area (Å²) in [6, 6.07) is 7.63. The summed E-state index contributed by atoms with van der Waals surface area (Å²) in [5.74, 6) is -2.24. The number of aromatic nitrogens is 3. The largest absolute Gasteiger partial charge is 0.478 e. The molecule has 0 saturated heterocycles. The molecule has 0 radical (unpaired) electrons. The molecule has 0 aliphatic rings. The van der Waals surface area contributed by atoms with Gasteiger partial charge in [0, 0.05) is 18.6 Å². The lowest BCUT2D eigenvalue weighted by Crippen LogP contribution is -2.02. The van der Waals surface area contributed by atoms with Crippen LogP contribution >= 0.6 is 0 Å². The highest BCUT2D eigenvalue weighted by Gasteiger charge is 2.09. The van der Waals surface area contributed by atoms with Crippen LogP contribution < -0.4 is 0 Å². The van der Waals surface area contributed by atoms with Crippen LogP contribution in [0.25, 0.3) is 5.69 Å². The van der Waals surface area contributed by atoms with Gasteiger partial charge in [-0.1, -0.05) is 0 Å². The molecule has 1 aromatic carbocycles. The molecule has 2 aromatic heterocycles. The van der Waals surface area contributed by atoms with E-state index in [1.807, 2.05) is 12.1 Å². The van der Waals surface area contributed by atoms with Crippen molar-refractivity contribution in [1.29, 1.82) is 0 Å². The number of aryl methyl sites for hydroxylation is 1. The number of nitrogens with zero attached hydrogens (tertiary/aromatic N) is 3. The molecule has 8 heteroatoms. The Bertz CT molecular complexity index is 903. The van der Waals surface area contributed by atoms with Gasteiger partial charge in [-0.05, 0) is 42.8 Å². The van der Waals surface area contributed by atoms with Crippen LogP contribution in [-0.2, 0) is 0 Å². The lowest BCUT2D eigenvalue weighted by Gasteiger charge is -1.99. The van der Waals surface area contributed by atoms with E-state index in [2.05, 4.69) is 10.1 Å². The quantitative estimate of drug-likeness (QED) is 0.691. The summed E-state index contributed by atoms with van der Waals surface area (Å²) in [5.41, 5.74) is 2.08. The van der Waals surface area contributed by atoms with Crippen LogP contribution in [0.15, 0.2) is 55.1 Å². The Labute approximate surface area is 148 Å². The fourth-order valence-corrected chi connectivity index (χ4v) is 2.07. The van der Waals surface area contributed by atoms with Gasteiger partial charge < -0.3 is 10.2 Å². The Morgan fingerprint density at radius 3 is 2.08 bits per heavy atom. The number of hydrogen-bond acceptors (Lipinski definition) is 5. The number of aromatic carboxylic acids is 2. The first-order valence-corrected chi connectivity index (χ1v) is 7.39. The summed E-state index contributed by atoms with van der Waals surface area (Å²) in [6.07, 6.45) is 7.32. The fraction of sp³-hybridized carbons (Fsp3) is 0.0556. The summed E-state index contributed by atoms with van der Waals surface area (Å²) < 4.78 is 1.63. The van der Waals surface area contributed by atoms with Gasteiger partial charge in [-0.2, -0.15) is 5.10 Å². The Kier molecular flexibility index (Phi) is 5.94. The first-order chi connectivity index (χ1) is 12.4. The van der Waals surface area contributed by atoms with E-state index in [0.29, 0.717) is 11.1 Å². The molecule has 0 bridgehead atoms. The first kappa shape index (κ1) is 18.5. The number of rotatable bonds is 4. The van der Waals surface area contributed by atoms with E-state index in [9.17, 15) is 14.4 Å². The summed E-state index contributed by atoms with van der Waals surface area (Å²) in [7, 11) is 0. The van der Waals surface area contributed by atoms with Crippen molar-refractivity contribution in [1.82, 2.24) is 14.8 Å². The van der Waals surface area contributed by atoms with Gasteiger partial charge in [0.1, 0.15) is 0 Å². The van der Waals surface area contributed by atoms with Crippen molar-refractivity contribution in [2.45, 2.75) is 6.92 Å². The van der Waals surface area contributed by atoms with Crippen LogP contribution in [-0.4, -0.2) is 43.2 Å². The standard InChI is InChI=1S/C9H7N3O.C9H8O4/c13-7-8-5-11-12(6-8)9-1-3-10-4-2-9;1-5-2-6(8(10)11)4-7(3-5)9(12)13/h1-7H;2-4H,1H3,(H,10,11)(H,12,13). The predicted molar refractivity (Wildman–Crippen MR) is 91.8 cm³/mol. The third-order valence-electron chi connectivity index (χ3n) is 3.24. The molecule has 0 fully saturated rings. The monoisotopic (exact) mass is 353 g/mol. The minimum absolute atomic E-state index is 0.00241. The second-order valence-electron chi connectivity index (χ2n) is 5.24. The van der Waals surface area contributed by atoms with E-state index in [4.69, 9.17) is 10.2 Å². The van der Waals surface area contributed by atoms with E-state index in [0.717, 1.165) is 18.0 Å². The zero-order valence-electron chi connectivity index (χ0n) is 13.7. The number of benzene rings is 1. The second-order valence-corrected chi connectivity index (χ2v) is 5.24. The first-order valence-electron chi connectivity index (χ1n) is 7.39. The third-order valence-corrected chi connectivity index (χ3v) is 3.24. The Hall–Kier alpha value is -3.81. The van der Waals surface area contributed by atoms with Gasteiger partial charge in [-0.15, -0.1) is 0 Å². The van der Waals surface area contributed by atoms with Crippen molar-refractivity contribution in [3.63, 3.8) is 0 Å². The normalized spacial score (nSPS) is 9.73. The van der Waals surface area contributed by atoms with Gasteiger partial charge in [0.05, 0.1) is 28.6 Å². The van der Waals surface area contributed by atoms with Crippen LogP contribution in [0.4, 0.5) is 0 Å². The van der Waals surface area contributed by atoms with Gasteiger partial charge >= 0.3 is 11.9 Å². The molecular formula is C18H15N3O5. The maximum atomic E-state index is 10.5. The number of carboxylic acids is 2. The summed E-state index contributed by atoms with van der Waals surface area (Å²) in [4.78, 5) is 35.3. The molecule has 0 atom stereocenters. The van der Waals surface area contributed by atoms with Crippen molar-refractivity contribution in [2.75, 3.05) is 0 Å². The maximum absolute atomic E-state index is 10.5. The number of aldehydes is 1. The molecule has 0 aliphatic carbocycles. The van der Waals surface area contributed by atoms with E-state index in [1.54, 1.807) is 30.2 Å². The number of carbonyl (C=O) groups is 3. The highest BCUT2D eigenvalue weighted by atomic mass is 16.4. The Balaban J connectivity index is 0.000000187. The molecule has 0 saturated carbocycles. The SMILES string of the molecule is Cc1cc(C(=O)O)cc(C(=O)O)c1.O=Cc1cnn(-c2ccncc2)c1. The second kappa shape index (κ2) is 8.34. The van der Waals surface area contributed by atoms with Crippen LogP contribution in [0.2, 0.25) is 0 Å². The van der Waals surface area contributed by atoms with Crippen molar-refractivity contribution < 1.29 is 24.6 Å². The average Bonchev–Trinajstić information content (AvgIpc) is 3.11. The van der Waals surface area contributed by atoms with E-state index in [1.165, 1.54) is 18.3 Å². The maximum Gasteiger partial charge on any atom is 0.335 e. The highest BCUT2D eigenvalue weighted by Crippen LogP contribution is 2.09. The molecule has 3 aromatic rings. The molecule has 132 valence electrons. The van der Waals surface area contributed by atoms with E-state index in [-0.39, 0.29) is 11.1 Å². The Morgan fingerprint density at radius 2 is 1.62 bits per heavy atom. The topological polar surface area (TPSA) is 122 Å². The molecular weight excluding hydrogens is 338 g/mol. The minimum atomic E-state index is -1.12. The zero-order valence-corrected chi connectivity index (χ0v) is 13.7. The van der Waals surface area contributed by atoms with Crippen LogP contribution in [0, 0.1) is 6.92 Å². The van der Waals surface area contributed by atoms with E-state index < -0.39 is 11.9 Å². The summed E-state index contributed by atoms with van der Waals surface area (Å²) in [6.45, 7) is 1.65. The number of carbonyl (C=O) groups excluding carboxylic acids is 1. The highest BCUT2D eigenvalue weighted by molar-refractivity contribution is 5.94. The lowest BCUT2D eigenvalue weighted by molar-refractivity contribution is 0.0696. The fourth-order valence-electron chi connectivity index (χ4n) is 2.07. The van der Waals surface area contributed by atoms with Gasteiger partial charge in [0.15, 0.2) is 6.29 Å². The third kappa shape index (κ3) is 4.84. The van der Waals surface area contributed by atoms with Crippen LogP contribution in [0.1, 0.15) is 36.6 Å². The van der Waals surface area contributed by atoms with Crippen LogP contribution in [0.3, 0.4) is 0 Å². The summed E-state index contributed by atoms with van der Waals surface area (Å²) >= 11 is 0. The molecule has 26 heavy (non-hydrogen) atoms. The Morgan fingerprint density at radius 1 is 1.04 bits per heavy atom. The molecule has 0 spiro atoms. The van der Waals surface area contributed by atoms with Gasteiger partial charge in [0.25, 0.3) is 0 Å². The molecule has 0 aliphatic heterocycles. The molecule has 2 N–H and O–H groups in total. The van der Waals surface area contributed by atoms with E-state index >= 15 is 0 Å². The zero-order chi connectivity index (χ0) is 19.1. The van der Waals surface area contributed by atoms with Gasteiger partial charge in [-0.3, -0.25) is 9.78 Å². The minimum Gasteiger partial charge on any atom is -0.478 e. The smallest absolute Gasteiger partial charge is 0.335 e. The molecule has 0 amide bonds. The van der Waals surface area contributed by atoms with Crippen molar-refractivity contribution in [3.8, 4) is 5.69 Å². The molecule has 2 heterocycles. The molecule has 8 nitrogen and oxygen atoms in total. The number of hydrogen-bond donors (Lipinski definition) is 2. The average molecular weight is 353 g/mol. The predicted octanol–water partition coefficient (Wildman–Crippen LogP) is 2.47. The van der Waals surface area contributed by atoms with Crippen molar-refractivity contribution in [3.05, 3.63) is 77.4 Å². The van der Waals surface area contributed by atoms with Crippen molar-refractivity contribution >= 4 is 18.2 Å². The number of pyridine rings is 1. The lowest BCUT2D eigenvalue weighted by atomic mass is 10.1. The molecule has 0 unspecified atom stereocenters. The van der Waals surface area contributed by atoms with Gasteiger partial charge in [-0.25, -0.2) is 14.3 Å². The van der Waals surface area contributed by atoms with Crippen molar-refractivity contribution in [2.24, 2.45) is 0 Å². The van der Waals surface area contributed by atoms with Gasteiger partial charge in [0.2, 0.25) is 0 Å².